The van der Waals surface area contributed by atoms with Crippen LogP contribution in [-0.2, 0) is 4.79 Å². The molecule has 5 heteroatoms. The zero-order chi connectivity index (χ0) is 15.0. The zero-order valence-electron chi connectivity index (χ0n) is 12.0. The van der Waals surface area contributed by atoms with Crippen molar-refractivity contribution in [2.45, 2.75) is 26.7 Å². The van der Waals surface area contributed by atoms with Crippen molar-refractivity contribution in [2.75, 3.05) is 19.6 Å². The van der Waals surface area contributed by atoms with Crippen molar-refractivity contribution in [1.82, 2.24) is 10.2 Å². The van der Waals surface area contributed by atoms with Gasteiger partial charge in [-0.25, -0.2) is 0 Å². The van der Waals surface area contributed by atoms with Crippen LogP contribution in [-0.4, -0.2) is 36.3 Å². The number of halogens is 1. The molecule has 0 saturated heterocycles. The third-order valence-electron chi connectivity index (χ3n) is 2.76. The summed E-state index contributed by atoms with van der Waals surface area (Å²) in [5.41, 5.74) is 0.594. The van der Waals surface area contributed by atoms with E-state index >= 15 is 0 Å². The van der Waals surface area contributed by atoms with E-state index in [1.54, 1.807) is 17.0 Å². The number of nitrogens with one attached hydrogen (secondary N) is 1. The summed E-state index contributed by atoms with van der Waals surface area (Å²) in [6.45, 7) is 5.32. The van der Waals surface area contributed by atoms with Gasteiger partial charge in [0.2, 0.25) is 5.91 Å². The quantitative estimate of drug-likeness (QED) is 0.829. The molecule has 1 rings (SSSR count). The van der Waals surface area contributed by atoms with Gasteiger partial charge in [0, 0.05) is 23.1 Å². The minimum Gasteiger partial charge on any atom is -0.355 e. The number of amides is 2. The summed E-state index contributed by atoms with van der Waals surface area (Å²) in [6.07, 6.45) is 1.71. The zero-order valence-corrected chi connectivity index (χ0v) is 13.6. The highest BCUT2D eigenvalue weighted by molar-refractivity contribution is 9.10. The summed E-state index contributed by atoms with van der Waals surface area (Å²) in [4.78, 5) is 25.8. The van der Waals surface area contributed by atoms with Crippen LogP contribution in [0.3, 0.4) is 0 Å². The van der Waals surface area contributed by atoms with Gasteiger partial charge in [-0.1, -0.05) is 35.8 Å². The third-order valence-corrected chi connectivity index (χ3v) is 3.25. The predicted molar refractivity (Wildman–Crippen MR) is 83.6 cm³/mol. The average molecular weight is 341 g/mol. The SMILES string of the molecule is CCCNC(=O)CN(CCC)C(=O)c1cccc(Br)c1. The molecular formula is C15H21BrN2O2. The highest BCUT2D eigenvalue weighted by atomic mass is 79.9. The molecule has 4 nitrogen and oxygen atoms in total. The number of hydrogen-bond acceptors (Lipinski definition) is 2. The molecule has 0 bridgehead atoms. The van der Waals surface area contributed by atoms with Crippen molar-refractivity contribution in [1.29, 1.82) is 0 Å². The summed E-state index contributed by atoms with van der Waals surface area (Å²) in [7, 11) is 0. The first-order valence-corrected chi connectivity index (χ1v) is 7.69. The van der Waals surface area contributed by atoms with E-state index in [4.69, 9.17) is 0 Å². The van der Waals surface area contributed by atoms with Gasteiger partial charge in [-0.05, 0) is 31.0 Å². The largest absolute Gasteiger partial charge is 0.355 e. The minimum absolute atomic E-state index is 0.108. The minimum atomic E-state index is -0.111. The van der Waals surface area contributed by atoms with Gasteiger partial charge in [-0.2, -0.15) is 0 Å². The molecule has 1 N–H and O–H groups in total. The van der Waals surface area contributed by atoms with Crippen LogP contribution in [0.1, 0.15) is 37.0 Å². The summed E-state index contributed by atoms with van der Waals surface area (Å²) in [5.74, 6) is -0.219. The van der Waals surface area contributed by atoms with Crippen LogP contribution in [0, 0.1) is 0 Å². The van der Waals surface area contributed by atoms with Crippen LogP contribution in [0.25, 0.3) is 0 Å². The van der Waals surface area contributed by atoms with E-state index in [-0.39, 0.29) is 18.4 Å². The molecule has 0 saturated carbocycles. The molecule has 0 atom stereocenters. The monoisotopic (exact) mass is 340 g/mol. The van der Waals surface area contributed by atoms with Crippen molar-refractivity contribution in [3.8, 4) is 0 Å². The van der Waals surface area contributed by atoms with Crippen molar-refractivity contribution in [3.05, 3.63) is 34.3 Å². The Morgan fingerprint density at radius 1 is 1.25 bits per heavy atom. The van der Waals surface area contributed by atoms with Gasteiger partial charge in [0.05, 0.1) is 6.54 Å². The number of benzene rings is 1. The van der Waals surface area contributed by atoms with Crippen molar-refractivity contribution < 1.29 is 9.59 Å². The van der Waals surface area contributed by atoms with E-state index in [1.165, 1.54) is 0 Å². The second kappa shape index (κ2) is 8.74. The number of rotatable bonds is 7. The highest BCUT2D eigenvalue weighted by Gasteiger charge is 2.17. The lowest BCUT2D eigenvalue weighted by molar-refractivity contribution is -0.121. The molecule has 0 aliphatic carbocycles. The molecule has 1 aromatic rings. The Kier molecular flexibility index (Phi) is 7.30. The Labute approximate surface area is 128 Å². The molecule has 1 aromatic carbocycles. The van der Waals surface area contributed by atoms with Crippen LogP contribution >= 0.6 is 15.9 Å². The standard InChI is InChI=1S/C15H21BrN2O2/c1-3-8-17-14(19)11-18(9-4-2)15(20)12-6-5-7-13(16)10-12/h5-7,10H,3-4,8-9,11H2,1-2H3,(H,17,19). The molecule has 110 valence electrons. The number of hydrogen-bond donors (Lipinski definition) is 1. The van der Waals surface area contributed by atoms with E-state index in [0.29, 0.717) is 18.7 Å². The summed E-state index contributed by atoms with van der Waals surface area (Å²) < 4.78 is 0.857. The maximum absolute atomic E-state index is 12.4. The summed E-state index contributed by atoms with van der Waals surface area (Å²) in [6, 6.07) is 7.22. The molecule has 20 heavy (non-hydrogen) atoms. The summed E-state index contributed by atoms with van der Waals surface area (Å²) in [5, 5.41) is 2.80. The fourth-order valence-corrected chi connectivity index (χ4v) is 2.22. The maximum atomic E-state index is 12.4. The van der Waals surface area contributed by atoms with E-state index in [0.717, 1.165) is 17.3 Å². The molecule has 0 heterocycles. The lowest BCUT2D eigenvalue weighted by atomic mass is 10.2. The fourth-order valence-electron chi connectivity index (χ4n) is 1.82. The molecule has 0 fully saturated rings. The van der Waals surface area contributed by atoms with Crippen LogP contribution in [0.2, 0.25) is 0 Å². The van der Waals surface area contributed by atoms with E-state index in [9.17, 15) is 9.59 Å². The first kappa shape index (κ1) is 16.7. The lowest BCUT2D eigenvalue weighted by Crippen LogP contribution is -2.41. The highest BCUT2D eigenvalue weighted by Crippen LogP contribution is 2.13. The summed E-state index contributed by atoms with van der Waals surface area (Å²) >= 11 is 3.35. The van der Waals surface area contributed by atoms with Crippen molar-refractivity contribution in [3.63, 3.8) is 0 Å². The van der Waals surface area contributed by atoms with E-state index in [1.807, 2.05) is 26.0 Å². The smallest absolute Gasteiger partial charge is 0.254 e. The Bertz CT molecular complexity index is 463. The van der Waals surface area contributed by atoms with Crippen molar-refractivity contribution in [2.24, 2.45) is 0 Å². The van der Waals surface area contributed by atoms with Crippen LogP contribution in [0.15, 0.2) is 28.7 Å². The van der Waals surface area contributed by atoms with Gasteiger partial charge >= 0.3 is 0 Å². The normalized spacial score (nSPS) is 10.2. The fraction of sp³-hybridized carbons (Fsp3) is 0.467. The molecule has 0 aliphatic heterocycles. The molecule has 0 aromatic heterocycles. The predicted octanol–water partition coefficient (Wildman–Crippen LogP) is 2.83. The van der Waals surface area contributed by atoms with Gasteiger partial charge in [-0.3, -0.25) is 9.59 Å². The lowest BCUT2D eigenvalue weighted by Gasteiger charge is -2.21. The second-order valence-corrected chi connectivity index (χ2v) is 5.50. The van der Waals surface area contributed by atoms with Gasteiger partial charge in [0.25, 0.3) is 5.91 Å². The topological polar surface area (TPSA) is 49.4 Å². The van der Waals surface area contributed by atoms with Crippen molar-refractivity contribution >= 4 is 27.7 Å². The van der Waals surface area contributed by atoms with Crippen LogP contribution in [0.4, 0.5) is 0 Å². The van der Waals surface area contributed by atoms with Gasteiger partial charge in [0.1, 0.15) is 0 Å². The maximum Gasteiger partial charge on any atom is 0.254 e. The van der Waals surface area contributed by atoms with Crippen LogP contribution in [0.5, 0.6) is 0 Å². The first-order chi connectivity index (χ1) is 9.58. The first-order valence-electron chi connectivity index (χ1n) is 6.90. The van der Waals surface area contributed by atoms with Gasteiger partial charge in [-0.15, -0.1) is 0 Å². The molecule has 0 spiro atoms. The van der Waals surface area contributed by atoms with E-state index < -0.39 is 0 Å². The Morgan fingerprint density at radius 3 is 2.60 bits per heavy atom. The van der Waals surface area contributed by atoms with Gasteiger partial charge in [0.15, 0.2) is 0 Å². The van der Waals surface area contributed by atoms with E-state index in [2.05, 4.69) is 21.2 Å². The Morgan fingerprint density at radius 2 is 2.00 bits per heavy atom. The second-order valence-electron chi connectivity index (χ2n) is 4.59. The molecule has 2 amide bonds. The Hall–Kier alpha value is -1.36. The Balaban J connectivity index is 2.74. The molecule has 0 aliphatic rings. The molecule has 0 radical (unpaired) electrons. The molecule has 0 unspecified atom stereocenters. The van der Waals surface area contributed by atoms with Gasteiger partial charge < -0.3 is 10.2 Å². The molecular weight excluding hydrogens is 320 g/mol. The average Bonchev–Trinajstić information content (AvgIpc) is 2.44. The number of carbonyl (C=O) groups excluding carboxylic acids is 2. The van der Waals surface area contributed by atoms with Crippen LogP contribution < -0.4 is 5.32 Å². The third kappa shape index (κ3) is 5.33. The number of carbonyl (C=O) groups is 2. The number of nitrogens with zero attached hydrogens (tertiary/aromatic N) is 1.